The fraction of sp³-hybridized carbons (Fsp3) is 0.105. The fourth-order valence-electron chi connectivity index (χ4n) is 2.70. The van der Waals surface area contributed by atoms with Crippen LogP contribution in [0, 0.1) is 6.92 Å². The summed E-state index contributed by atoms with van der Waals surface area (Å²) < 4.78 is 5.92. The van der Waals surface area contributed by atoms with E-state index in [1.54, 1.807) is 17.5 Å². The zero-order chi connectivity index (χ0) is 18.1. The van der Waals surface area contributed by atoms with Crippen LogP contribution >= 0.6 is 22.9 Å². The highest BCUT2D eigenvalue weighted by Gasteiger charge is 2.13. The second-order valence-corrected chi connectivity index (χ2v) is 7.63. The van der Waals surface area contributed by atoms with Crippen molar-refractivity contribution in [3.8, 4) is 21.8 Å². The number of carbonyl (C=O) groups is 1. The second kappa shape index (κ2) is 6.86. The van der Waals surface area contributed by atoms with E-state index in [1.807, 2.05) is 54.4 Å². The van der Waals surface area contributed by atoms with Crippen molar-refractivity contribution >= 4 is 34.5 Å². The third-order valence-electron chi connectivity index (χ3n) is 4.05. The molecule has 0 unspecified atom stereocenters. The smallest absolute Gasteiger partial charge is 0.267 e. The number of benzene rings is 1. The lowest BCUT2D eigenvalue weighted by molar-refractivity contribution is 0.103. The number of hydrogen-bond acceptors (Lipinski definition) is 5. The standard InChI is InChI=1S/C19H16N4OS2/c1-12-11-20-26-18(12)19(24)21-14-7-5-13(6-8-14)16-10-15(22-23(16)2)17-4-3-9-25-17/h3-11H,1-2H3,(H,21,24). The SMILES string of the molecule is Cc1cnsc1C(=O)Nc1ccc(-c2cc(-c3cccs3)nn2C)cc1. The quantitative estimate of drug-likeness (QED) is 0.551. The van der Waals surface area contributed by atoms with E-state index in [9.17, 15) is 4.79 Å². The van der Waals surface area contributed by atoms with E-state index >= 15 is 0 Å². The average Bonchev–Trinajstić information content (AvgIpc) is 3.36. The summed E-state index contributed by atoms with van der Waals surface area (Å²) in [4.78, 5) is 14.1. The van der Waals surface area contributed by atoms with Gasteiger partial charge in [0.25, 0.3) is 5.91 Å². The number of amides is 1. The lowest BCUT2D eigenvalue weighted by Gasteiger charge is -2.06. The topological polar surface area (TPSA) is 59.8 Å². The minimum Gasteiger partial charge on any atom is -0.321 e. The predicted molar refractivity (Wildman–Crippen MR) is 107 cm³/mol. The summed E-state index contributed by atoms with van der Waals surface area (Å²) in [5, 5.41) is 9.56. The Hall–Kier alpha value is -2.77. The molecule has 1 amide bonds. The van der Waals surface area contributed by atoms with Gasteiger partial charge in [0.15, 0.2) is 0 Å². The molecule has 0 bridgehead atoms. The van der Waals surface area contributed by atoms with Gasteiger partial charge in [-0.25, -0.2) is 4.37 Å². The molecule has 5 nitrogen and oxygen atoms in total. The lowest BCUT2D eigenvalue weighted by Crippen LogP contribution is -2.11. The second-order valence-electron chi connectivity index (χ2n) is 5.89. The van der Waals surface area contributed by atoms with Crippen LogP contribution in [0.25, 0.3) is 21.8 Å². The van der Waals surface area contributed by atoms with Crippen LogP contribution in [0.15, 0.2) is 54.0 Å². The Morgan fingerprint density at radius 1 is 1.19 bits per heavy atom. The maximum Gasteiger partial charge on any atom is 0.267 e. The molecular weight excluding hydrogens is 364 g/mol. The highest BCUT2D eigenvalue weighted by molar-refractivity contribution is 7.13. The third-order valence-corrected chi connectivity index (χ3v) is 5.84. The Labute approximate surface area is 159 Å². The van der Waals surface area contributed by atoms with Crippen molar-refractivity contribution in [2.75, 3.05) is 5.32 Å². The highest BCUT2D eigenvalue weighted by atomic mass is 32.1. The Balaban J connectivity index is 1.55. The van der Waals surface area contributed by atoms with Gasteiger partial charge in [-0.2, -0.15) is 5.10 Å². The van der Waals surface area contributed by atoms with Gasteiger partial charge in [0.1, 0.15) is 10.6 Å². The van der Waals surface area contributed by atoms with Crippen molar-refractivity contribution < 1.29 is 4.79 Å². The van der Waals surface area contributed by atoms with E-state index in [0.717, 1.165) is 33.1 Å². The molecule has 0 fully saturated rings. The Morgan fingerprint density at radius 2 is 2.00 bits per heavy atom. The van der Waals surface area contributed by atoms with E-state index < -0.39 is 0 Å². The molecule has 0 aliphatic heterocycles. The minimum absolute atomic E-state index is 0.127. The first kappa shape index (κ1) is 16.7. The number of hydrogen-bond donors (Lipinski definition) is 1. The van der Waals surface area contributed by atoms with Crippen LogP contribution in [0.5, 0.6) is 0 Å². The van der Waals surface area contributed by atoms with Gasteiger partial charge in [0, 0.05) is 18.9 Å². The Morgan fingerprint density at radius 3 is 2.65 bits per heavy atom. The number of aryl methyl sites for hydroxylation is 2. The number of nitrogens with zero attached hydrogens (tertiary/aromatic N) is 3. The highest BCUT2D eigenvalue weighted by Crippen LogP contribution is 2.29. The summed E-state index contributed by atoms with van der Waals surface area (Å²) in [5.74, 6) is -0.127. The van der Waals surface area contributed by atoms with Gasteiger partial charge in [0.2, 0.25) is 0 Å². The van der Waals surface area contributed by atoms with Crippen LogP contribution in [0.2, 0.25) is 0 Å². The van der Waals surface area contributed by atoms with Gasteiger partial charge >= 0.3 is 0 Å². The van der Waals surface area contributed by atoms with E-state index in [-0.39, 0.29) is 5.91 Å². The molecule has 1 aromatic carbocycles. The lowest BCUT2D eigenvalue weighted by atomic mass is 10.1. The third kappa shape index (κ3) is 3.18. The molecule has 7 heteroatoms. The summed E-state index contributed by atoms with van der Waals surface area (Å²) in [7, 11) is 1.94. The maximum atomic E-state index is 12.3. The van der Waals surface area contributed by atoms with Crippen molar-refractivity contribution in [3.63, 3.8) is 0 Å². The largest absolute Gasteiger partial charge is 0.321 e. The van der Waals surface area contributed by atoms with Crippen LogP contribution in [0.4, 0.5) is 5.69 Å². The van der Waals surface area contributed by atoms with Crippen LogP contribution < -0.4 is 5.32 Å². The van der Waals surface area contributed by atoms with Gasteiger partial charge in [0.05, 0.1) is 10.6 Å². The first-order chi connectivity index (χ1) is 12.6. The van der Waals surface area contributed by atoms with Crippen molar-refractivity contribution in [3.05, 3.63) is 64.5 Å². The number of rotatable bonds is 4. The van der Waals surface area contributed by atoms with Crippen molar-refractivity contribution in [1.29, 1.82) is 0 Å². The van der Waals surface area contributed by atoms with Crippen LogP contribution in [0.3, 0.4) is 0 Å². The molecule has 0 atom stereocenters. The fourth-order valence-corrected chi connectivity index (χ4v) is 4.03. The van der Waals surface area contributed by atoms with Gasteiger partial charge in [-0.15, -0.1) is 11.3 Å². The molecule has 0 spiro atoms. The molecule has 0 aliphatic rings. The maximum absolute atomic E-state index is 12.3. The summed E-state index contributed by atoms with van der Waals surface area (Å²) in [5.41, 5.74) is 4.70. The van der Waals surface area contributed by atoms with Crippen LogP contribution in [-0.4, -0.2) is 20.1 Å². The first-order valence-corrected chi connectivity index (χ1v) is 9.68. The zero-order valence-corrected chi connectivity index (χ0v) is 15.9. The van der Waals surface area contributed by atoms with E-state index in [1.165, 1.54) is 11.5 Å². The van der Waals surface area contributed by atoms with Gasteiger partial charge in [-0.3, -0.25) is 9.48 Å². The van der Waals surface area contributed by atoms with Crippen LogP contribution in [-0.2, 0) is 7.05 Å². The number of anilines is 1. The van der Waals surface area contributed by atoms with Crippen molar-refractivity contribution in [2.45, 2.75) is 6.92 Å². The molecule has 0 radical (unpaired) electrons. The van der Waals surface area contributed by atoms with Gasteiger partial charge in [-0.05, 0) is 59.2 Å². The molecule has 3 aromatic heterocycles. The van der Waals surface area contributed by atoms with Gasteiger partial charge < -0.3 is 5.32 Å². The monoisotopic (exact) mass is 380 g/mol. The molecule has 130 valence electrons. The molecule has 3 heterocycles. The zero-order valence-electron chi connectivity index (χ0n) is 14.3. The summed E-state index contributed by atoms with van der Waals surface area (Å²) in [6, 6.07) is 14.0. The van der Waals surface area contributed by atoms with E-state index in [4.69, 9.17) is 0 Å². The molecular formula is C19H16N4OS2. The Bertz CT molecular complexity index is 1050. The first-order valence-electron chi connectivity index (χ1n) is 8.03. The summed E-state index contributed by atoms with van der Waals surface area (Å²) in [6.07, 6.45) is 1.70. The van der Waals surface area contributed by atoms with Crippen LogP contribution in [0.1, 0.15) is 15.2 Å². The van der Waals surface area contributed by atoms with Crippen molar-refractivity contribution in [2.24, 2.45) is 7.05 Å². The summed E-state index contributed by atoms with van der Waals surface area (Å²) in [6.45, 7) is 1.88. The molecule has 0 aliphatic carbocycles. The normalized spacial score (nSPS) is 10.8. The number of carbonyl (C=O) groups excluding carboxylic acids is 1. The molecule has 1 N–H and O–H groups in total. The van der Waals surface area contributed by atoms with Crippen molar-refractivity contribution in [1.82, 2.24) is 14.2 Å². The number of thiophene rings is 1. The minimum atomic E-state index is -0.127. The van der Waals surface area contributed by atoms with E-state index in [0.29, 0.717) is 4.88 Å². The Kier molecular flexibility index (Phi) is 4.40. The molecule has 26 heavy (non-hydrogen) atoms. The number of nitrogens with one attached hydrogen (secondary N) is 1. The van der Waals surface area contributed by atoms with Gasteiger partial charge in [-0.1, -0.05) is 18.2 Å². The molecule has 0 saturated heterocycles. The average molecular weight is 380 g/mol. The number of aromatic nitrogens is 3. The summed E-state index contributed by atoms with van der Waals surface area (Å²) >= 11 is 2.88. The van der Waals surface area contributed by atoms with E-state index in [2.05, 4.69) is 26.9 Å². The molecule has 4 rings (SSSR count). The molecule has 0 saturated carbocycles. The predicted octanol–water partition coefficient (Wildman–Crippen LogP) is 4.83. The molecule has 4 aromatic rings.